The van der Waals surface area contributed by atoms with Crippen LogP contribution in [0.1, 0.15) is 12.8 Å². The molecule has 1 fully saturated rings. The number of likely N-dealkylation sites (N-methyl/N-ethyl adjacent to an activating group) is 1. The second-order valence-corrected chi connectivity index (χ2v) is 3.64. The molecule has 1 amide bonds. The Morgan fingerprint density at radius 3 is 2.67 bits per heavy atom. The highest BCUT2D eigenvalue weighted by Crippen LogP contribution is 2.18. The van der Waals surface area contributed by atoms with E-state index in [1.165, 1.54) is 0 Å². The minimum Gasteiger partial charge on any atom is -0.625 e. The quantitative estimate of drug-likeness (QED) is 0.450. The van der Waals surface area contributed by atoms with Gasteiger partial charge >= 0.3 is 5.91 Å². The molecule has 12 heavy (non-hydrogen) atoms. The maximum Gasteiger partial charge on any atom is 0.313 e. The summed E-state index contributed by atoms with van der Waals surface area (Å²) < 4.78 is -0.599. The lowest BCUT2D eigenvalue weighted by molar-refractivity contribution is -0.794. The Morgan fingerprint density at radius 2 is 2.25 bits per heavy atom. The van der Waals surface area contributed by atoms with Crippen LogP contribution in [0, 0.1) is 5.21 Å². The van der Waals surface area contributed by atoms with Gasteiger partial charge in [-0.25, -0.2) is 4.79 Å². The van der Waals surface area contributed by atoms with Crippen molar-refractivity contribution in [2.24, 2.45) is 0 Å². The zero-order valence-electron chi connectivity index (χ0n) is 7.75. The minimum atomic E-state index is -0.599. The summed E-state index contributed by atoms with van der Waals surface area (Å²) in [4.78, 5) is 13.1. The molecule has 0 bridgehead atoms. The van der Waals surface area contributed by atoms with Gasteiger partial charge in [0.15, 0.2) is 0 Å². The van der Waals surface area contributed by atoms with Crippen LogP contribution < -0.4 is 0 Å². The highest BCUT2D eigenvalue weighted by Gasteiger charge is 2.32. The summed E-state index contributed by atoms with van der Waals surface area (Å²) in [5.74, 6) is -0.142. The van der Waals surface area contributed by atoms with Crippen LogP contribution in [0.25, 0.3) is 0 Å². The number of nitrogens with zero attached hydrogens (tertiary/aromatic N) is 2. The molecule has 0 aromatic heterocycles. The second-order valence-electron chi connectivity index (χ2n) is 3.64. The number of hydroxylamine groups is 3. The molecule has 0 spiro atoms. The largest absolute Gasteiger partial charge is 0.625 e. The Labute approximate surface area is 72.9 Å². The smallest absolute Gasteiger partial charge is 0.313 e. The van der Waals surface area contributed by atoms with Crippen LogP contribution in [-0.4, -0.2) is 49.2 Å². The van der Waals surface area contributed by atoms with Crippen LogP contribution in [0.2, 0.25) is 0 Å². The van der Waals surface area contributed by atoms with Crippen LogP contribution in [0.5, 0.6) is 0 Å². The van der Waals surface area contributed by atoms with Crippen LogP contribution in [-0.2, 0) is 4.79 Å². The number of hydrogen-bond donors (Lipinski definition) is 0. The van der Waals surface area contributed by atoms with Gasteiger partial charge in [-0.05, 0) is 14.1 Å². The average molecular weight is 172 g/mol. The first-order valence-corrected chi connectivity index (χ1v) is 4.31. The monoisotopic (exact) mass is 172 g/mol. The number of carbonyl (C=O) groups is 1. The lowest BCUT2D eigenvalue weighted by Gasteiger charge is -2.36. The first-order valence-electron chi connectivity index (χ1n) is 4.31. The molecule has 4 nitrogen and oxygen atoms in total. The fraction of sp³-hybridized carbons (Fsp3) is 0.875. The normalized spacial score (nSPS) is 30.2. The van der Waals surface area contributed by atoms with E-state index in [4.69, 9.17) is 0 Å². The van der Waals surface area contributed by atoms with Gasteiger partial charge in [-0.2, -0.15) is 0 Å². The molecule has 0 radical (unpaired) electrons. The number of likely N-dealkylation sites (tertiary alicyclic amines) is 1. The van der Waals surface area contributed by atoms with Crippen LogP contribution >= 0.6 is 0 Å². The number of hydrogen-bond acceptors (Lipinski definition) is 3. The summed E-state index contributed by atoms with van der Waals surface area (Å²) in [6.07, 6.45) is 1.23. The van der Waals surface area contributed by atoms with Gasteiger partial charge in [-0.1, -0.05) is 0 Å². The first kappa shape index (κ1) is 9.64. The minimum absolute atomic E-state index is 0.142. The summed E-state index contributed by atoms with van der Waals surface area (Å²) in [6.45, 7) is 1.58. The van der Waals surface area contributed by atoms with E-state index in [2.05, 4.69) is 0 Å². The predicted molar refractivity (Wildman–Crippen MR) is 46.2 cm³/mol. The molecule has 0 aromatic carbocycles. The van der Waals surface area contributed by atoms with E-state index in [9.17, 15) is 10.0 Å². The molecule has 1 unspecified atom stereocenters. The summed E-state index contributed by atoms with van der Waals surface area (Å²) in [6, 6.07) is 0. The van der Waals surface area contributed by atoms with E-state index in [-0.39, 0.29) is 5.91 Å². The van der Waals surface area contributed by atoms with E-state index in [0.29, 0.717) is 26.1 Å². The third-order valence-corrected chi connectivity index (χ3v) is 2.27. The fourth-order valence-electron chi connectivity index (χ4n) is 1.41. The molecule has 0 aromatic rings. The maximum atomic E-state index is 11.7. The van der Waals surface area contributed by atoms with Crippen LogP contribution in [0.4, 0.5) is 0 Å². The van der Waals surface area contributed by atoms with Crippen molar-refractivity contribution in [1.82, 2.24) is 4.90 Å². The molecule has 1 atom stereocenters. The van der Waals surface area contributed by atoms with Gasteiger partial charge in [-0.15, -0.1) is 0 Å². The van der Waals surface area contributed by atoms with Crippen LogP contribution in [0.3, 0.4) is 0 Å². The Bertz CT molecular complexity index is 182. The predicted octanol–water partition coefficient (Wildman–Crippen LogP) is 0.183. The third-order valence-electron chi connectivity index (χ3n) is 2.27. The summed E-state index contributed by atoms with van der Waals surface area (Å²) in [5, 5.41) is 11.7. The molecule has 0 aliphatic carbocycles. The van der Waals surface area contributed by atoms with Crippen molar-refractivity contribution in [2.75, 3.05) is 33.7 Å². The molecule has 1 aliphatic heterocycles. The van der Waals surface area contributed by atoms with Gasteiger partial charge < -0.3 is 10.1 Å². The number of rotatable bonds is 3. The van der Waals surface area contributed by atoms with Crippen molar-refractivity contribution in [3.63, 3.8) is 0 Å². The Balaban J connectivity index is 2.43. The van der Waals surface area contributed by atoms with Gasteiger partial charge in [0.25, 0.3) is 0 Å². The molecular weight excluding hydrogens is 156 g/mol. The van der Waals surface area contributed by atoms with Crippen molar-refractivity contribution in [3.8, 4) is 0 Å². The first-order chi connectivity index (χ1) is 5.54. The standard InChI is InChI=1S/C8H16N2O2/c1-9(2)5-7-10(12)6-3-4-8(10)11/h3-7H2,1-2H3. The highest BCUT2D eigenvalue weighted by atomic mass is 16.6. The van der Waals surface area contributed by atoms with Gasteiger partial charge in [0.1, 0.15) is 0 Å². The molecular formula is C8H16N2O2. The summed E-state index contributed by atoms with van der Waals surface area (Å²) in [5.41, 5.74) is 0. The topological polar surface area (TPSA) is 43.4 Å². The SMILES string of the molecule is CN(C)CC[N+]1([O-])CCCC1=O. The lowest BCUT2D eigenvalue weighted by atomic mass is 10.4. The van der Waals surface area contributed by atoms with Gasteiger partial charge in [0, 0.05) is 13.0 Å². The molecule has 70 valence electrons. The summed E-state index contributed by atoms with van der Waals surface area (Å²) in [7, 11) is 3.82. The molecule has 0 saturated carbocycles. The van der Waals surface area contributed by atoms with Crippen LogP contribution in [0.15, 0.2) is 0 Å². The number of quaternary nitrogens is 1. The molecule has 1 saturated heterocycles. The van der Waals surface area contributed by atoms with Crippen molar-refractivity contribution in [3.05, 3.63) is 5.21 Å². The second kappa shape index (κ2) is 3.51. The van der Waals surface area contributed by atoms with Gasteiger partial charge in [0.2, 0.25) is 0 Å². The molecule has 1 aliphatic rings. The highest BCUT2D eigenvalue weighted by molar-refractivity contribution is 5.70. The van der Waals surface area contributed by atoms with E-state index >= 15 is 0 Å². The zero-order valence-corrected chi connectivity index (χ0v) is 7.75. The van der Waals surface area contributed by atoms with Crippen molar-refractivity contribution in [2.45, 2.75) is 12.8 Å². The zero-order chi connectivity index (χ0) is 9.19. The van der Waals surface area contributed by atoms with E-state index < -0.39 is 4.65 Å². The average Bonchev–Trinajstić information content (AvgIpc) is 2.30. The van der Waals surface area contributed by atoms with Gasteiger partial charge in [0.05, 0.1) is 19.5 Å². The molecule has 1 rings (SSSR count). The van der Waals surface area contributed by atoms with E-state index in [1.807, 2.05) is 19.0 Å². The Hall–Kier alpha value is -0.450. The molecule has 0 N–H and O–H groups in total. The Morgan fingerprint density at radius 1 is 1.58 bits per heavy atom. The van der Waals surface area contributed by atoms with Crippen molar-refractivity contribution < 1.29 is 9.44 Å². The number of amides is 1. The van der Waals surface area contributed by atoms with Crippen molar-refractivity contribution in [1.29, 1.82) is 0 Å². The van der Waals surface area contributed by atoms with Gasteiger partial charge in [-0.3, -0.25) is 4.65 Å². The van der Waals surface area contributed by atoms with Crippen molar-refractivity contribution >= 4 is 5.91 Å². The maximum absolute atomic E-state index is 11.7. The lowest BCUT2D eigenvalue weighted by Crippen LogP contribution is -2.47. The fourth-order valence-corrected chi connectivity index (χ4v) is 1.41. The summed E-state index contributed by atoms with van der Waals surface area (Å²) >= 11 is 0. The Kier molecular flexibility index (Phi) is 2.82. The molecule has 4 heteroatoms. The van der Waals surface area contributed by atoms with E-state index in [0.717, 1.165) is 6.42 Å². The third kappa shape index (κ3) is 2.03. The number of carbonyl (C=O) groups excluding carboxylic acids is 1. The van der Waals surface area contributed by atoms with E-state index in [1.54, 1.807) is 0 Å². The molecule has 1 heterocycles.